The van der Waals surface area contributed by atoms with Gasteiger partial charge in [-0.05, 0) is 23.3 Å². The Bertz CT molecular complexity index is 523. The van der Waals surface area contributed by atoms with Gasteiger partial charge in [-0.1, -0.05) is 47.6 Å². The van der Waals surface area contributed by atoms with E-state index in [1.54, 1.807) is 12.1 Å². The average Bonchev–Trinajstić information content (AvgIpc) is 2.37. The molecule has 0 radical (unpaired) electrons. The molecule has 2 rings (SSSR count). The Labute approximate surface area is 99.0 Å². The standard InChI is InChI=1S/C14H12FNO/c15-13-8-4-5-11(9-13)10-14(16-17)12-6-2-1-3-7-12/h1-9,17H,10H2/b16-14-. The van der Waals surface area contributed by atoms with Crippen molar-refractivity contribution in [3.8, 4) is 0 Å². The minimum absolute atomic E-state index is 0.284. The Kier molecular flexibility index (Phi) is 3.50. The summed E-state index contributed by atoms with van der Waals surface area (Å²) in [7, 11) is 0. The van der Waals surface area contributed by atoms with Crippen LogP contribution in [0.4, 0.5) is 4.39 Å². The van der Waals surface area contributed by atoms with E-state index in [0.29, 0.717) is 12.1 Å². The van der Waals surface area contributed by atoms with Crippen molar-refractivity contribution in [2.75, 3.05) is 0 Å². The van der Waals surface area contributed by atoms with E-state index >= 15 is 0 Å². The Balaban J connectivity index is 2.23. The summed E-state index contributed by atoms with van der Waals surface area (Å²) in [6, 6.07) is 15.6. The van der Waals surface area contributed by atoms with Crippen molar-refractivity contribution in [2.24, 2.45) is 5.16 Å². The van der Waals surface area contributed by atoms with E-state index in [9.17, 15) is 4.39 Å². The molecule has 0 aliphatic heterocycles. The lowest BCUT2D eigenvalue weighted by Gasteiger charge is -2.04. The third kappa shape index (κ3) is 2.91. The van der Waals surface area contributed by atoms with Crippen molar-refractivity contribution in [1.82, 2.24) is 0 Å². The van der Waals surface area contributed by atoms with E-state index in [1.165, 1.54) is 12.1 Å². The molecule has 2 nitrogen and oxygen atoms in total. The minimum atomic E-state index is -0.284. The summed E-state index contributed by atoms with van der Waals surface area (Å²) < 4.78 is 13.0. The number of halogens is 1. The van der Waals surface area contributed by atoms with E-state index in [2.05, 4.69) is 5.16 Å². The van der Waals surface area contributed by atoms with E-state index < -0.39 is 0 Å². The molecule has 17 heavy (non-hydrogen) atoms. The van der Waals surface area contributed by atoms with Crippen molar-refractivity contribution in [3.63, 3.8) is 0 Å². The highest BCUT2D eigenvalue weighted by molar-refractivity contribution is 6.01. The first kappa shape index (κ1) is 11.3. The summed E-state index contributed by atoms with van der Waals surface area (Å²) in [5.41, 5.74) is 2.14. The zero-order valence-electron chi connectivity index (χ0n) is 9.18. The third-order valence-electron chi connectivity index (χ3n) is 2.49. The molecule has 0 spiro atoms. The summed E-state index contributed by atoms with van der Waals surface area (Å²) in [6.07, 6.45) is 0.401. The number of nitrogens with zero attached hydrogens (tertiary/aromatic N) is 1. The highest BCUT2D eigenvalue weighted by Gasteiger charge is 2.05. The first-order valence-corrected chi connectivity index (χ1v) is 5.30. The van der Waals surface area contributed by atoms with Crippen LogP contribution in [0.15, 0.2) is 59.8 Å². The Morgan fingerprint density at radius 1 is 1.06 bits per heavy atom. The third-order valence-corrected chi connectivity index (χ3v) is 2.49. The van der Waals surface area contributed by atoms with Crippen LogP contribution in [0.1, 0.15) is 11.1 Å². The van der Waals surface area contributed by atoms with Gasteiger partial charge in [0.1, 0.15) is 5.82 Å². The summed E-state index contributed by atoms with van der Waals surface area (Å²) in [5, 5.41) is 12.3. The van der Waals surface area contributed by atoms with Crippen LogP contribution in [-0.4, -0.2) is 10.9 Å². The zero-order valence-corrected chi connectivity index (χ0v) is 9.18. The molecule has 0 aliphatic rings. The maximum Gasteiger partial charge on any atom is 0.123 e. The van der Waals surface area contributed by atoms with E-state index in [0.717, 1.165) is 11.1 Å². The number of hydrogen-bond donors (Lipinski definition) is 1. The molecular weight excluding hydrogens is 217 g/mol. The molecule has 0 saturated heterocycles. The highest BCUT2D eigenvalue weighted by Crippen LogP contribution is 2.09. The fraction of sp³-hybridized carbons (Fsp3) is 0.0714. The average molecular weight is 229 g/mol. The Morgan fingerprint density at radius 3 is 2.47 bits per heavy atom. The molecule has 3 heteroatoms. The minimum Gasteiger partial charge on any atom is -0.411 e. The van der Waals surface area contributed by atoms with Gasteiger partial charge >= 0.3 is 0 Å². The molecule has 0 heterocycles. The first-order chi connectivity index (χ1) is 8.29. The molecule has 1 N–H and O–H groups in total. The maximum absolute atomic E-state index is 13.0. The van der Waals surface area contributed by atoms with Gasteiger partial charge in [-0.3, -0.25) is 0 Å². The summed E-state index contributed by atoms with van der Waals surface area (Å²) in [5.74, 6) is -0.284. The molecule has 0 atom stereocenters. The van der Waals surface area contributed by atoms with Crippen LogP contribution in [0.25, 0.3) is 0 Å². The number of oxime groups is 1. The number of rotatable bonds is 3. The molecule has 0 bridgehead atoms. The fourth-order valence-corrected chi connectivity index (χ4v) is 1.67. The molecule has 0 aliphatic carbocycles. The molecule has 0 aromatic heterocycles. The van der Waals surface area contributed by atoms with Crippen LogP contribution in [0.5, 0.6) is 0 Å². The second kappa shape index (κ2) is 5.25. The Hall–Kier alpha value is -2.16. The van der Waals surface area contributed by atoms with Crippen molar-refractivity contribution < 1.29 is 9.60 Å². The predicted molar refractivity (Wildman–Crippen MR) is 64.9 cm³/mol. The second-order valence-electron chi connectivity index (χ2n) is 3.72. The van der Waals surface area contributed by atoms with Gasteiger partial charge in [0.15, 0.2) is 0 Å². The molecule has 2 aromatic rings. The van der Waals surface area contributed by atoms with Gasteiger partial charge in [0.2, 0.25) is 0 Å². The van der Waals surface area contributed by atoms with Gasteiger partial charge in [0, 0.05) is 6.42 Å². The molecule has 0 amide bonds. The summed E-state index contributed by atoms with van der Waals surface area (Å²) in [6.45, 7) is 0. The SMILES string of the molecule is O/N=C(/Cc1cccc(F)c1)c1ccccc1. The normalized spacial score (nSPS) is 11.5. The molecule has 0 unspecified atom stereocenters. The smallest absolute Gasteiger partial charge is 0.123 e. The topological polar surface area (TPSA) is 32.6 Å². The number of hydrogen-bond acceptors (Lipinski definition) is 2. The first-order valence-electron chi connectivity index (χ1n) is 5.30. The van der Waals surface area contributed by atoms with E-state index in [1.807, 2.05) is 30.3 Å². The van der Waals surface area contributed by atoms with Crippen LogP contribution >= 0.6 is 0 Å². The quantitative estimate of drug-likeness (QED) is 0.489. The fourth-order valence-electron chi connectivity index (χ4n) is 1.67. The van der Waals surface area contributed by atoms with Crippen molar-refractivity contribution in [3.05, 3.63) is 71.5 Å². The molecule has 0 fully saturated rings. The molecule has 2 aromatic carbocycles. The van der Waals surface area contributed by atoms with Crippen LogP contribution in [0.2, 0.25) is 0 Å². The lowest BCUT2D eigenvalue weighted by molar-refractivity contribution is 0.318. The van der Waals surface area contributed by atoms with E-state index in [4.69, 9.17) is 5.21 Å². The highest BCUT2D eigenvalue weighted by atomic mass is 19.1. The lowest BCUT2D eigenvalue weighted by atomic mass is 10.0. The molecule has 0 saturated carbocycles. The molecule has 86 valence electrons. The summed E-state index contributed by atoms with van der Waals surface area (Å²) >= 11 is 0. The monoisotopic (exact) mass is 229 g/mol. The van der Waals surface area contributed by atoms with E-state index in [-0.39, 0.29) is 5.82 Å². The van der Waals surface area contributed by atoms with Gasteiger partial charge in [0.05, 0.1) is 5.71 Å². The predicted octanol–water partition coefficient (Wildman–Crippen LogP) is 3.25. The van der Waals surface area contributed by atoms with Crippen molar-refractivity contribution >= 4 is 5.71 Å². The summed E-state index contributed by atoms with van der Waals surface area (Å²) in [4.78, 5) is 0. The van der Waals surface area contributed by atoms with Gasteiger partial charge < -0.3 is 5.21 Å². The van der Waals surface area contributed by atoms with Crippen molar-refractivity contribution in [1.29, 1.82) is 0 Å². The maximum atomic E-state index is 13.0. The van der Waals surface area contributed by atoms with Crippen LogP contribution in [-0.2, 0) is 6.42 Å². The van der Waals surface area contributed by atoms with Gasteiger partial charge in [0.25, 0.3) is 0 Å². The van der Waals surface area contributed by atoms with Gasteiger partial charge in [-0.25, -0.2) is 4.39 Å². The van der Waals surface area contributed by atoms with Crippen LogP contribution in [0, 0.1) is 5.82 Å². The van der Waals surface area contributed by atoms with Crippen molar-refractivity contribution in [2.45, 2.75) is 6.42 Å². The second-order valence-corrected chi connectivity index (χ2v) is 3.72. The Morgan fingerprint density at radius 2 is 1.82 bits per heavy atom. The molecular formula is C14H12FNO. The lowest BCUT2D eigenvalue weighted by Crippen LogP contribution is -2.05. The zero-order chi connectivity index (χ0) is 12.1. The van der Waals surface area contributed by atoms with Crippen LogP contribution < -0.4 is 0 Å². The van der Waals surface area contributed by atoms with Crippen LogP contribution in [0.3, 0.4) is 0 Å². The van der Waals surface area contributed by atoms with Gasteiger partial charge in [-0.15, -0.1) is 0 Å². The van der Waals surface area contributed by atoms with Gasteiger partial charge in [-0.2, -0.15) is 0 Å². The number of benzene rings is 2. The largest absolute Gasteiger partial charge is 0.411 e.